The fourth-order valence-electron chi connectivity index (χ4n) is 2.86. The molecule has 1 aliphatic rings. The van der Waals surface area contributed by atoms with E-state index < -0.39 is 17.2 Å². The first-order valence-electron chi connectivity index (χ1n) is 8.24. The number of carbonyl (C=O) groups excluding carboxylic acids is 3. The Labute approximate surface area is 147 Å². The molecule has 2 amide bonds. The number of nitrogens with zero attached hydrogens (tertiary/aromatic N) is 1. The number of para-hydroxylation sites is 1. The molecule has 1 aliphatic heterocycles. The minimum atomic E-state index is -1.04. The summed E-state index contributed by atoms with van der Waals surface area (Å²) in [4.78, 5) is 37.8. The number of likely N-dealkylation sites (tertiary alicyclic amines) is 1. The Hall–Kier alpha value is -2.57. The fourth-order valence-corrected chi connectivity index (χ4v) is 2.86. The van der Waals surface area contributed by atoms with E-state index in [9.17, 15) is 14.4 Å². The van der Waals surface area contributed by atoms with Crippen molar-refractivity contribution in [3.8, 4) is 0 Å². The van der Waals surface area contributed by atoms with Crippen molar-refractivity contribution in [3.63, 3.8) is 0 Å². The number of hydrogen-bond donors (Lipinski definition) is 2. The lowest BCUT2D eigenvalue weighted by Crippen LogP contribution is -2.54. The maximum Gasteiger partial charge on any atom is 0.411 e. The van der Waals surface area contributed by atoms with Crippen LogP contribution < -0.4 is 11.1 Å². The number of amides is 2. The average molecular weight is 347 g/mol. The van der Waals surface area contributed by atoms with E-state index in [4.69, 9.17) is 10.5 Å². The number of nitrogen functional groups attached to an aromatic ring is 1. The summed E-state index contributed by atoms with van der Waals surface area (Å²) in [7, 11) is 0. The van der Waals surface area contributed by atoms with Gasteiger partial charge in [0.15, 0.2) is 6.29 Å². The molecule has 1 heterocycles. The van der Waals surface area contributed by atoms with Crippen molar-refractivity contribution < 1.29 is 19.1 Å². The molecule has 0 unspecified atom stereocenters. The Morgan fingerprint density at radius 1 is 1.36 bits per heavy atom. The van der Waals surface area contributed by atoms with Gasteiger partial charge < -0.3 is 15.8 Å². The van der Waals surface area contributed by atoms with Crippen LogP contribution in [0, 0.1) is 0 Å². The number of nitrogens with two attached hydrogens (primary N) is 1. The van der Waals surface area contributed by atoms with Crippen LogP contribution in [0.2, 0.25) is 0 Å². The lowest BCUT2D eigenvalue weighted by atomic mass is 9.97. The summed E-state index contributed by atoms with van der Waals surface area (Å²) in [6.07, 6.45) is 1.34. The average Bonchev–Trinajstić information content (AvgIpc) is 2.91. The second-order valence-corrected chi connectivity index (χ2v) is 7.39. The van der Waals surface area contributed by atoms with Crippen LogP contribution in [0.5, 0.6) is 0 Å². The summed E-state index contributed by atoms with van der Waals surface area (Å²) in [5.74, 6) is -0.356. The molecule has 136 valence electrons. The topological polar surface area (TPSA) is 102 Å². The minimum absolute atomic E-state index is 0.205. The molecule has 0 spiro atoms. The van der Waals surface area contributed by atoms with Crippen LogP contribution in [0.25, 0.3) is 0 Å². The second-order valence-electron chi connectivity index (χ2n) is 7.39. The monoisotopic (exact) mass is 347 g/mol. The summed E-state index contributed by atoms with van der Waals surface area (Å²) in [5.41, 5.74) is 5.10. The van der Waals surface area contributed by atoms with Gasteiger partial charge in [0.25, 0.3) is 0 Å². The molecule has 7 heteroatoms. The van der Waals surface area contributed by atoms with E-state index in [-0.39, 0.29) is 11.6 Å². The Bertz CT molecular complexity index is 696. The summed E-state index contributed by atoms with van der Waals surface area (Å²) < 4.78 is 5.41. The Kier molecular flexibility index (Phi) is 5.06. The van der Waals surface area contributed by atoms with Crippen molar-refractivity contribution in [3.05, 3.63) is 23.8 Å². The normalized spacial score (nSPS) is 20.2. The van der Waals surface area contributed by atoms with Gasteiger partial charge in [-0.25, -0.2) is 4.79 Å². The lowest BCUT2D eigenvalue weighted by molar-refractivity contribution is -0.125. The van der Waals surface area contributed by atoms with Gasteiger partial charge in [-0.2, -0.15) is 0 Å². The third kappa shape index (κ3) is 3.92. The maximum absolute atomic E-state index is 12.9. The van der Waals surface area contributed by atoms with Gasteiger partial charge in [-0.05, 0) is 52.7 Å². The predicted octanol–water partition coefficient (Wildman–Crippen LogP) is 2.81. The molecule has 0 saturated carbocycles. The highest BCUT2D eigenvalue weighted by atomic mass is 16.6. The van der Waals surface area contributed by atoms with E-state index in [0.29, 0.717) is 36.9 Å². The van der Waals surface area contributed by atoms with Gasteiger partial charge >= 0.3 is 6.09 Å². The largest absolute Gasteiger partial charge is 0.444 e. The molecular formula is C18H25N3O4. The predicted molar refractivity (Wildman–Crippen MR) is 95.5 cm³/mol. The molecule has 1 fully saturated rings. The molecule has 0 aromatic heterocycles. The zero-order chi connectivity index (χ0) is 18.8. The Morgan fingerprint density at radius 3 is 2.64 bits per heavy atom. The summed E-state index contributed by atoms with van der Waals surface area (Å²) in [5, 5.41) is 2.74. The number of benzene rings is 1. The fraction of sp³-hybridized carbons (Fsp3) is 0.500. The third-order valence-corrected chi connectivity index (χ3v) is 4.26. The number of carbonyl (C=O) groups is 3. The zero-order valence-electron chi connectivity index (χ0n) is 15.1. The number of nitrogens with one attached hydrogen (secondary N) is 1. The molecule has 7 nitrogen and oxygen atoms in total. The Morgan fingerprint density at radius 2 is 2.04 bits per heavy atom. The van der Waals surface area contributed by atoms with Gasteiger partial charge in [0.2, 0.25) is 5.91 Å². The number of anilines is 2. The highest BCUT2D eigenvalue weighted by molar-refractivity contribution is 6.03. The van der Waals surface area contributed by atoms with E-state index in [2.05, 4.69) is 5.32 Å². The van der Waals surface area contributed by atoms with Gasteiger partial charge in [0, 0.05) is 12.1 Å². The molecule has 1 aromatic carbocycles. The highest BCUT2D eigenvalue weighted by Crippen LogP contribution is 2.33. The standard InChI is InChI=1S/C18H25N3O4/c1-17(2,3)25-16(24)21-10-6-9-18(21,4)15(23)20-13-8-5-7-12(11-22)14(13)19/h5,7-8,11H,6,9-10,19H2,1-4H3,(H,20,23)/t18-/m1/s1. The second kappa shape index (κ2) is 6.74. The van der Waals surface area contributed by atoms with Crippen molar-refractivity contribution in [2.24, 2.45) is 0 Å². The van der Waals surface area contributed by atoms with Crippen molar-refractivity contribution in [2.45, 2.75) is 51.7 Å². The molecule has 0 radical (unpaired) electrons. The highest BCUT2D eigenvalue weighted by Gasteiger charge is 2.47. The van der Waals surface area contributed by atoms with Crippen molar-refractivity contribution in [1.29, 1.82) is 0 Å². The van der Waals surface area contributed by atoms with E-state index in [0.717, 1.165) is 0 Å². The first-order valence-corrected chi connectivity index (χ1v) is 8.24. The zero-order valence-corrected chi connectivity index (χ0v) is 15.1. The van der Waals surface area contributed by atoms with Crippen LogP contribution >= 0.6 is 0 Å². The molecular weight excluding hydrogens is 322 g/mol. The van der Waals surface area contributed by atoms with Gasteiger partial charge in [-0.1, -0.05) is 6.07 Å². The van der Waals surface area contributed by atoms with Crippen LogP contribution in [0.3, 0.4) is 0 Å². The van der Waals surface area contributed by atoms with Crippen molar-refractivity contribution >= 4 is 29.7 Å². The van der Waals surface area contributed by atoms with Gasteiger partial charge in [-0.15, -0.1) is 0 Å². The van der Waals surface area contributed by atoms with E-state index >= 15 is 0 Å². The molecule has 1 saturated heterocycles. The molecule has 2 rings (SSSR count). The van der Waals surface area contributed by atoms with Crippen LogP contribution in [-0.2, 0) is 9.53 Å². The van der Waals surface area contributed by atoms with Crippen LogP contribution in [-0.4, -0.2) is 40.9 Å². The molecule has 1 aromatic rings. The van der Waals surface area contributed by atoms with E-state index in [1.807, 2.05) is 0 Å². The molecule has 0 bridgehead atoms. The lowest BCUT2D eigenvalue weighted by Gasteiger charge is -2.35. The smallest absolute Gasteiger partial charge is 0.411 e. The molecule has 3 N–H and O–H groups in total. The van der Waals surface area contributed by atoms with Gasteiger partial charge in [-0.3, -0.25) is 14.5 Å². The summed E-state index contributed by atoms with van der Waals surface area (Å²) >= 11 is 0. The molecule has 1 atom stereocenters. The maximum atomic E-state index is 12.9. The van der Waals surface area contributed by atoms with Crippen molar-refractivity contribution in [1.82, 2.24) is 4.90 Å². The van der Waals surface area contributed by atoms with E-state index in [1.165, 1.54) is 4.90 Å². The van der Waals surface area contributed by atoms with Gasteiger partial charge in [0.1, 0.15) is 11.1 Å². The van der Waals surface area contributed by atoms with E-state index in [1.54, 1.807) is 45.9 Å². The van der Waals surface area contributed by atoms with Crippen LogP contribution in [0.15, 0.2) is 18.2 Å². The SMILES string of the molecule is CC(C)(C)OC(=O)N1CCC[C@]1(C)C(=O)Nc1cccc(C=O)c1N. The van der Waals surface area contributed by atoms with Crippen LogP contribution in [0.1, 0.15) is 50.9 Å². The molecule has 25 heavy (non-hydrogen) atoms. The summed E-state index contributed by atoms with van der Waals surface area (Å²) in [6, 6.07) is 4.83. The summed E-state index contributed by atoms with van der Waals surface area (Å²) in [6.45, 7) is 7.50. The Balaban J connectivity index is 2.22. The number of rotatable bonds is 3. The van der Waals surface area contributed by atoms with Crippen LogP contribution in [0.4, 0.5) is 16.2 Å². The van der Waals surface area contributed by atoms with Crippen molar-refractivity contribution in [2.75, 3.05) is 17.6 Å². The van der Waals surface area contributed by atoms with Gasteiger partial charge in [0.05, 0.1) is 11.4 Å². The number of aldehydes is 1. The number of hydrogen-bond acceptors (Lipinski definition) is 5. The minimum Gasteiger partial charge on any atom is -0.444 e. The number of ether oxygens (including phenoxy) is 1. The quantitative estimate of drug-likeness (QED) is 0.646. The first-order chi connectivity index (χ1) is 11.6. The molecule has 0 aliphatic carbocycles. The first kappa shape index (κ1) is 18.8. The third-order valence-electron chi connectivity index (χ3n) is 4.26.